The lowest BCUT2D eigenvalue weighted by molar-refractivity contribution is -0.121. The van der Waals surface area contributed by atoms with Crippen molar-refractivity contribution in [1.29, 1.82) is 0 Å². The van der Waals surface area contributed by atoms with Gasteiger partial charge >= 0.3 is 0 Å². The minimum atomic E-state index is -0.433. The smallest absolute Gasteiger partial charge is 0.226 e. The molecule has 3 aromatic rings. The highest BCUT2D eigenvalue weighted by molar-refractivity contribution is 7.13. The first-order valence-corrected chi connectivity index (χ1v) is 9.64. The van der Waals surface area contributed by atoms with Gasteiger partial charge in [-0.05, 0) is 23.8 Å². The predicted molar refractivity (Wildman–Crippen MR) is 109 cm³/mol. The topological polar surface area (TPSA) is 80.7 Å². The monoisotopic (exact) mass is 398 g/mol. The van der Waals surface area contributed by atoms with E-state index in [4.69, 9.17) is 9.47 Å². The summed E-state index contributed by atoms with van der Waals surface area (Å²) in [5.41, 5.74) is 2.44. The molecule has 0 spiro atoms. The molecule has 0 radical (unpaired) electrons. The summed E-state index contributed by atoms with van der Waals surface area (Å²) in [4.78, 5) is 16.9. The summed E-state index contributed by atoms with van der Waals surface area (Å²) in [5, 5.41) is 15.1. The molecule has 2 aromatic carbocycles. The molecule has 0 saturated carbocycles. The number of aromatic nitrogens is 1. The maximum absolute atomic E-state index is 12.4. The number of aliphatic hydroxyl groups is 1. The van der Waals surface area contributed by atoms with E-state index in [0.717, 1.165) is 16.1 Å². The quantitative estimate of drug-likeness (QED) is 0.609. The Hall–Kier alpha value is -2.90. The molecule has 0 fully saturated rings. The molecule has 1 amide bonds. The Morgan fingerprint density at radius 2 is 1.89 bits per heavy atom. The van der Waals surface area contributed by atoms with Crippen LogP contribution in [0.3, 0.4) is 0 Å². The van der Waals surface area contributed by atoms with Gasteiger partial charge in [-0.15, -0.1) is 11.3 Å². The second-order valence-electron chi connectivity index (χ2n) is 6.10. The van der Waals surface area contributed by atoms with Crippen LogP contribution in [0.4, 0.5) is 0 Å². The first-order chi connectivity index (χ1) is 13.6. The average molecular weight is 398 g/mol. The van der Waals surface area contributed by atoms with Crippen molar-refractivity contribution in [3.63, 3.8) is 0 Å². The van der Waals surface area contributed by atoms with Gasteiger partial charge in [0.25, 0.3) is 0 Å². The Morgan fingerprint density at radius 3 is 2.57 bits per heavy atom. The van der Waals surface area contributed by atoms with E-state index < -0.39 is 6.04 Å². The number of carbonyl (C=O) groups is 1. The number of thiazole rings is 1. The van der Waals surface area contributed by atoms with Crippen molar-refractivity contribution in [2.24, 2.45) is 0 Å². The van der Waals surface area contributed by atoms with E-state index in [1.54, 1.807) is 14.2 Å². The zero-order valence-electron chi connectivity index (χ0n) is 15.7. The van der Waals surface area contributed by atoms with Crippen LogP contribution < -0.4 is 14.8 Å². The van der Waals surface area contributed by atoms with Crippen LogP contribution in [0.1, 0.15) is 17.3 Å². The average Bonchev–Trinajstić information content (AvgIpc) is 3.20. The van der Waals surface area contributed by atoms with Crippen LogP contribution in [-0.2, 0) is 11.2 Å². The molecule has 1 heterocycles. The summed E-state index contributed by atoms with van der Waals surface area (Å²) in [6.07, 6.45) is 0.146. The third kappa shape index (κ3) is 4.68. The highest BCUT2D eigenvalue weighted by Crippen LogP contribution is 2.33. The largest absolute Gasteiger partial charge is 0.493 e. The zero-order chi connectivity index (χ0) is 19.9. The van der Waals surface area contributed by atoms with Crippen molar-refractivity contribution >= 4 is 17.2 Å². The number of nitrogens with one attached hydrogen (secondary N) is 1. The van der Waals surface area contributed by atoms with Crippen molar-refractivity contribution in [2.75, 3.05) is 20.8 Å². The summed E-state index contributed by atoms with van der Waals surface area (Å²) in [5.74, 6) is 1.09. The van der Waals surface area contributed by atoms with E-state index in [1.165, 1.54) is 11.3 Å². The Bertz CT molecular complexity index is 927. The molecular formula is C21H22N2O4S. The molecule has 6 nitrogen and oxygen atoms in total. The van der Waals surface area contributed by atoms with Crippen molar-refractivity contribution in [2.45, 2.75) is 12.5 Å². The van der Waals surface area contributed by atoms with Crippen LogP contribution in [0.15, 0.2) is 53.9 Å². The number of amides is 1. The van der Waals surface area contributed by atoms with Crippen molar-refractivity contribution in [3.8, 4) is 22.1 Å². The number of aliphatic hydroxyl groups excluding tert-OH is 1. The van der Waals surface area contributed by atoms with Crippen LogP contribution in [0.5, 0.6) is 11.5 Å². The summed E-state index contributed by atoms with van der Waals surface area (Å²) in [6, 6.07) is 14.6. The van der Waals surface area contributed by atoms with Gasteiger partial charge in [0.05, 0.1) is 39.0 Å². The van der Waals surface area contributed by atoms with Gasteiger partial charge in [0.2, 0.25) is 5.91 Å². The summed E-state index contributed by atoms with van der Waals surface area (Å²) < 4.78 is 10.6. The number of methoxy groups -OCH3 is 2. The van der Waals surface area contributed by atoms with Gasteiger partial charge in [-0.3, -0.25) is 4.79 Å². The minimum absolute atomic E-state index is 0.146. The molecular weight excluding hydrogens is 376 g/mol. The molecule has 1 aromatic heterocycles. The number of rotatable bonds is 8. The number of benzene rings is 2. The Balaban J connectivity index is 1.68. The molecule has 28 heavy (non-hydrogen) atoms. The molecule has 0 aliphatic heterocycles. The molecule has 1 atom stereocenters. The fraction of sp³-hybridized carbons (Fsp3) is 0.238. The third-order valence-corrected chi connectivity index (χ3v) is 5.18. The van der Waals surface area contributed by atoms with Gasteiger partial charge in [-0.2, -0.15) is 0 Å². The van der Waals surface area contributed by atoms with E-state index >= 15 is 0 Å². The second kappa shape index (κ2) is 9.34. The molecule has 0 aliphatic rings. The number of nitrogens with zero attached hydrogens (tertiary/aromatic N) is 1. The fourth-order valence-electron chi connectivity index (χ4n) is 2.82. The van der Waals surface area contributed by atoms with Gasteiger partial charge in [-0.25, -0.2) is 4.98 Å². The van der Waals surface area contributed by atoms with Crippen molar-refractivity contribution in [1.82, 2.24) is 10.3 Å². The maximum Gasteiger partial charge on any atom is 0.226 e. The summed E-state index contributed by atoms with van der Waals surface area (Å²) >= 11 is 1.46. The number of carbonyl (C=O) groups excluding carboxylic acids is 1. The predicted octanol–water partition coefficient (Wildman–Crippen LogP) is 3.22. The van der Waals surface area contributed by atoms with E-state index in [9.17, 15) is 9.90 Å². The number of hydrogen-bond donors (Lipinski definition) is 2. The first-order valence-electron chi connectivity index (χ1n) is 8.76. The minimum Gasteiger partial charge on any atom is -0.493 e. The SMILES string of the molecule is COc1ccc(-c2nc(CC(=O)N[C@H](CO)c3ccccc3)cs2)cc1OC. The molecule has 0 aliphatic carbocycles. The van der Waals surface area contributed by atoms with Gasteiger partial charge in [-0.1, -0.05) is 30.3 Å². The first kappa shape index (κ1) is 19.9. The normalized spacial score (nSPS) is 11.7. The molecule has 0 bridgehead atoms. The summed E-state index contributed by atoms with van der Waals surface area (Å²) in [7, 11) is 3.18. The number of ether oxygens (including phenoxy) is 2. The maximum atomic E-state index is 12.4. The summed E-state index contributed by atoms with van der Waals surface area (Å²) in [6.45, 7) is -0.163. The van der Waals surface area contributed by atoms with Gasteiger partial charge in [0.1, 0.15) is 5.01 Å². The van der Waals surface area contributed by atoms with E-state index in [2.05, 4.69) is 10.3 Å². The molecule has 3 rings (SSSR count). The molecule has 0 saturated heterocycles. The third-order valence-electron chi connectivity index (χ3n) is 4.24. The highest BCUT2D eigenvalue weighted by Gasteiger charge is 2.16. The lowest BCUT2D eigenvalue weighted by Crippen LogP contribution is -2.32. The lowest BCUT2D eigenvalue weighted by atomic mass is 10.1. The van der Waals surface area contributed by atoms with Gasteiger partial charge in [0, 0.05) is 10.9 Å². The second-order valence-corrected chi connectivity index (χ2v) is 6.96. The van der Waals surface area contributed by atoms with E-state index in [1.807, 2.05) is 53.9 Å². The molecule has 7 heteroatoms. The van der Waals surface area contributed by atoms with E-state index in [-0.39, 0.29) is 18.9 Å². The standard InChI is InChI=1S/C21H22N2O4S/c1-26-18-9-8-15(10-19(18)27-2)21-22-16(13-28-21)11-20(25)23-17(12-24)14-6-4-3-5-7-14/h3-10,13,17,24H,11-12H2,1-2H3,(H,23,25)/t17-/m1/s1. The van der Waals surface area contributed by atoms with Crippen LogP contribution >= 0.6 is 11.3 Å². The highest BCUT2D eigenvalue weighted by atomic mass is 32.1. The van der Waals surface area contributed by atoms with Crippen LogP contribution in [0.2, 0.25) is 0 Å². The van der Waals surface area contributed by atoms with Crippen LogP contribution in [0, 0.1) is 0 Å². The van der Waals surface area contributed by atoms with Gasteiger partial charge < -0.3 is 19.9 Å². The van der Waals surface area contributed by atoms with Crippen LogP contribution in [0.25, 0.3) is 10.6 Å². The molecule has 146 valence electrons. The molecule has 2 N–H and O–H groups in total. The fourth-order valence-corrected chi connectivity index (χ4v) is 3.64. The van der Waals surface area contributed by atoms with E-state index in [0.29, 0.717) is 17.2 Å². The lowest BCUT2D eigenvalue weighted by Gasteiger charge is -2.16. The van der Waals surface area contributed by atoms with Crippen molar-refractivity contribution in [3.05, 3.63) is 65.2 Å². The van der Waals surface area contributed by atoms with Crippen LogP contribution in [-0.4, -0.2) is 36.8 Å². The van der Waals surface area contributed by atoms with Crippen molar-refractivity contribution < 1.29 is 19.4 Å². The Kier molecular flexibility index (Phi) is 6.62. The Morgan fingerprint density at radius 1 is 1.14 bits per heavy atom. The van der Waals surface area contributed by atoms with Gasteiger partial charge in [0.15, 0.2) is 11.5 Å². The zero-order valence-corrected chi connectivity index (χ0v) is 16.5. The Labute approximate surface area is 167 Å². The molecule has 0 unspecified atom stereocenters. The number of hydrogen-bond acceptors (Lipinski definition) is 6.